The molecule has 0 saturated heterocycles. The van der Waals surface area contributed by atoms with Crippen LogP contribution in [0.15, 0.2) is 24.3 Å². The topological polar surface area (TPSA) is 53.3 Å². The number of hydrogen-bond acceptors (Lipinski definition) is 3. The van der Waals surface area contributed by atoms with Crippen LogP contribution in [-0.2, 0) is 4.79 Å². The minimum atomic E-state index is -0.609. The van der Waals surface area contributed by atoms with Crippen molar-refractivity contribution in [3.05, 3.63) is 29.8 Å². The summed E-state index contributed by atoms with van der Waals surface area (Å²) >= 11 is 0. The minimum absolute atomic E-state index is 0.0640. The first-order valence-corrected chi connectivity index (χ1v) is 6.71. The lowest BCUT2D eigenvalue weighted by Crippen LogP contribution is -2.38. The molecule has 1 unspecified atom stereocenters. The molecule has 4 heteroatoms. The minimum Gasteiger partial charge on any atom is -0.494 e. The van der Waals surface area contributed by atoms with E-state index in [4.69, 9.17) is 4.74 Å². The van der Waals surface area contributed by atoms with Gasteiger partial charge >= 0.3 is 0 Å². The third kappa shape index (κ3) is 3.74. The fourth-order valence-corrected chi connectivity index (χ4v) is 1.97. The first-order chi connectivity index (χ1) is 9.31. The third-order valence-corrected chi connectivity index (χ3v) is 2.96. The van der Waals surface area contributed by atoms with Gasteiger partial charge in [-0.25, -0.2) is 0 Å². The lowest BCUT2D eigenvalue weighted by Gasteiger charge is -2.29. The predicted octanol–water partition coefficient (Wildman–Crippen LogP) is 3.15. The summed E-state index contributed by atoms with van der Waals surface area (Å²) in [7, 11) is 1.66. The lowest BCUT2D eigenvalue weighted by atomic mass is 9.93. The second-order valence-corrected chi connectivity index (χ2v) is 5.70. The molecule has 0 radical (unpaired) electrons. The highest BCUT2D eigenvalue weighted by molar-refractivity contribution is 5.82. The van der Waals surface area contributed by atoms with Crippen LogP contribution >= 0.6 is 0 Å². The summed E-state index contributed by atoms with van der Waals surface area (Å²) in [5, 5.41) is 9.40. The van der Waals surface area contributed by atoms with Crippen molar-refractivity contribution in [1.29, 1.82) is 5.26 Å². The van der Waals surface area contributed by atoms with Crippen LogP contribution in [0.1, 0.15) is 39.3 Å². The van der Waals surface area contributed by atoms with Crippen molar-refractivity contribution in [2.45, 2.75) is 33.7 Å². The average molecular weight is 274 g/mol. The summed E-state index contributed by atoms with van der Waals surface area (Å²) in [5.74, 6) is 0.646. The Morgan fingerprint density at radius 3 is 2.60 bits per heavy atom. The second-order valence-electron chi connectivity index (χ2n) is 5.70. The predicted molar refractivity (Wildman–Crippen MR) is 78.2 cm³/mol. The smallest absolute Gasteiger partial charge is 0.229 e. The van der Waals surface area contributed by atoms with E-state index in [0.29, 0.717) is 12.4 Å². The lowest BCUT2D eigenvalue weighted by molar-refractivity contribution is -0.139. The number of amides is 1. The maximum atomic E-state index is 12.3. The van der Waals surface area contributed by atoms with Crippen LogP contribution in [0, 0.1) is 16.7 Å². The molecule has 1 aromatic rings. The first-order valence-electron chi connectivity index (χ1n) is 6.71. The van der Waals surface area contributed by atoms with Gasteiger partial charge in [-0.3, -0.25) is 4.79 Å². The molecule has 0 aliphatic carbocycles. The second kappa shape index (κ2) is 6.42. The molecule has 0 aliphatic heterocycles. The van der Waals surface area contributed by atoms with Gasteiger partial charge in [-0.05, 0) is 24.6 Å². The van der Waals surface area contributed by atoms with Crippen molar-refractivity contribution in [2.75, 3.05) is 13.7 Å². The Balaban J connectivity index is 3.05. The summed E-state index contributed by atoms with van der Waals surface area (Å²) in [6, 6.07) is 8.90. The Labute approximate surface area is 121 Å². The molecule has 0 saturated carbocycles. The summed E-state index contributed by atoms with van der Waals surface area (Å²) in [6.07, 6.45) is 0. The zero-order chi connectivity index (χ0) is 15.3. The number of ether oxygens (including phenoxy) is 1. The molecule has 0 spiro atoms. The summed E-state index contributed by atoms with van der Waals surface area (Å²) in [6.45, 7) is 8.01. The zero-order valence-electron chi connectivity index (χ0n) is 12.8. The van der Waals surface area contributed by atoms with E-state index in [2.05, 4.69) is 6.07 Å². The Kier molecular flexibility index (Phi) is 5.15. The Bertz CT molecular complexity index is 512. The quantitative estimate of drug-likeness (QED) is 0.847. The van der Waals surface area contributed by atoms with Crippen molar-refractivity contribution < 1.29 is 9.53 Å². The van der Waals surface area contributed by atoms with Crippen LogP contribution in [-0.4, -0.2) is 24.5 Å². The number of nitrogens with zero attached hydrogens (tertiary/aromatic N) is 2. The maximum absolute atomic E-state index is 12.3. The molecular weight excluding hydrogens is 252 g/mol. The highest BCUT2D eigenvalue weighted by Gasteiger charge is 2.30. The number of hydrogen-bond donors (Lipinski definition) is 0. The fraction of sp³-hybridized carbons (Fsp3) is 0.500. The molecule has 1 aromatic carbocycles. The third-order valence-electron chi connectivity index (χ3n) is 2.96. The highest BCUT2D eigenvalue weighted by atomic mass is 16.5. The van der Waals surface area contributed by atoms with E-state index in [0.717, 1.165) is 5.56 Å². The zero-order valence-corrected chi connectivity index (χ0v) is 12.8. The molecule has 0 aromatic heterocycles. The molecule has 4 nitrogen and oxygen atoms in total. The van der Waals surface area contributed by atoms with E-state index >= 15 is 0 Å². The van der Waals surface area contributed by atoms with Gasteiger partial charge in [-0.15, -0.1) is 0 Å². The van der Waals surface area contributed by atoms with Crippen LogP contribution < -0.4 is 4.74 Å². The van der Waals surface area contributed by atoms with Crippen LogP contribution in [0.3, 0.4) is 0 Å². The Hall–Kier alpha value is -2.02. The van der Waals surface area contributed by atoms with E-state index in [1.165, 1.54) is 4.90 Å². The van der Waals surface area contributed by atoms with Crippen molar-refractivity contribution >= 4 is 5.91 Å². The van der Waals surface area contributed by atoms with Crippen LogP contribution in [0.25, 0.3) is 0 Å². The number of carbonyl (C=O) groups excluding carboxylic acids is 1. The molecule has 1 amide bonds. The van der Waals surface area contributed by atoms with Crippen molar-refractivity contribution in [3.8, 4) is 11.8 Å². The molecule has 0 bridgehead atoms. The largest absolute Gasteiger partial charge is 0.494 e. The average Bonchev–Trinajstić information content (AvgIpc) is 2.38. The highest BCUT2D eigenvalue weighted by Crippen LogP contribution is 2.27. The van der Waals surface area contributed by atoms with Crippen molar-refractivity contribution in [1.82, 2.24) is 4.90 Å². The normalized spacial score (nSPS) is 12.4. The monoisotopic (exact) mass is 274 g/mol. The summed E-state index contributed by atoms with van der Waals surface area (Å²) in [5.41, 5.74) is 0.250. The SMILES string of the molecule is CCOc1cccc(C(C#N)N(C)C(=O)C(C)(C)C)c1. The van der Waals surface area contributed by atoms with Gasteiger partial charge in [0.05, 0.1) is 12.7 Å². The number of carbonyl (C=O) groups is 1. The molecule has 0 heterocycles. The number of rotatable bonds is 4. The molecule has 1 rings (SSSR count). The van der Waals surface area contributed by atoms with Crippen LogP contribution in [0.2, 0.25) is 0 Å². The van der Waals surface area contributed by atoms with Gasteiger partial charge < -0.3 is 9.64 Å². The summed E-state index contributed by atoms with van der Waals surface area (Å²) in [4.78, 5) is 13.8. The van der Waals surface area contributed by atoms with Gasteiger partial charge in [0.25, 0.3) is 0 Å². The van der Waals surface area contributed by atoms with Gasteiger partial charge in [-0.2, -0.15) is 5.26 Å². The Morgan fingerprint density at radius 2 is 2.10 bits per heavy atom. The molecule has 0 aliphatic rings. The van der Waals surface area contributed by atoms with Gasteiger partial charge in [0, 0.05) is 12.5 Å². The maximum Gasteiger partial charge on any atom is 0.229 e. The fourth-order valence-electron chi connectivity index (χ4n) is 1.97. The number of nitriles is 1. The van der Waals surface area contributed by atoms with E-state index in [1.807, 2.05) is 52.0 Å². The van der Waals surface area contributed by atoms with Gasteiger partial charge in [0.1, 0.15) is 11.8 Å². The van der Waals surface area contributed by atoms with Crippen molar-refractivity contribution in [2.24, 2.45) is 5.41 Å². The van der Waals surface area contributed by atoms with Gasteiger partial charge in [0.2, 0.25) is 5.91 Å². The van der Waals surface area contributed by atoms with Crippen LogP contribution in [0.4, 0.5) is 0 Å². The number of benzene rings is 1. The molecule has 1 atom stereocenters. The standard InChI is InChI=1S/C16H22N2O2/c1-6-20-13-9-7-8-12(10-13)14(11-17)18(5)15(19)16(2,3)4/h7-10,14H,6H2,1-5H3. The summed E-state index contributed by atoms with van der Waals surface area (Å²) < 4.78 is 5.44. The molecular formula is C16H22N2O2. The van der Waals surface area contributed by atoms with Gasteiger partial charge in [-0.1, -0.05) is 32.9 Å². The first kappa shape index (κ1) is 16.0. The molecule has 20 heavy (non-hydrogen) atoms. The van der Waals surface area contributed by atoms with E-state index in [9.17, 15) is 10.1 Å². The van der Waals surface area contributed by atoms with E-state index < -0.39 is 11.5 Å². The molecule has 0 fully saturated rings. The van der Waals surface area contributed by atoms with Gasteiger partial charge in [0.15, 0.2) is 0 Å². The Morgan fingerprint density at radius 1 is 1.45 bits per heavy atom. The van der Waals surface area contributed by atoms with E-state index in [-0.39, 0.29) is 5.91 Å². The molecule has 108 valence electrons. The van der Waals surface area contributed by atoms with Crippen molar-refractivity contribution in [3.63, 3.8) is 0 Å². The molecule has 0 N–H and O–H groups in total. The van der Waals surface area contributed by atoms with E-state index in [1.54, 1.807) is 7.05 Å². The van der Waals surface area contributed by atoms with Crippen LogP contribution in [0.5, 0.6) is 5.75 Å².